The van der Waals surface area contributed by atoms with Crippen LogP contribution in [-0.4, -0.2) is 25.0 Å². The van der Waals surface area contributed by atoms with Gasteiger partial charge in [-0.15, -0.1) is 0 Å². The van der Waals surface area contributed by atoms with Gasteiger partial charge >= 0.3 is 0 Å². The van der Waals surface area contributed by atoms with Gasteiger partial charge in [0, 0.05) is 39.6 Å². The Kier molecular flexibility index (Phi) is 2.12. The normalized spacial score (nSPS) is 27.1. The summed E-state index contributed by atoms with van der Waals surface area (Å²) >= 11 is 6.18. The minimum atomic E-state index is -2.08. The van der Waals surface area contributed by atoms with E-state index in [1.165, 1.54) is 0 Å². The highest BCUT2D eigenvalue weighted by atomic mass is 35.5. The molecule has 20 heavy (non-hydrogen) atoms. The zero-order valence-electron chi connectivity index (χ0n) is 13.8. The zero-order chi connectivity index (χ0) is 16.2. The van der Waals surface area contributed by atoms with Crippen LogP contribution in [-0.2, 0) is 0 Å². The minimum absolute atomic E-state index is 0.0628. The largest absolute Gasteiger partial charge is 0.457 e. The third kappa shape index (κ3) is 1.83. The van der Waals surface area contributed by atoms with Gasteiger partial charge in [0.25, 0.3) is 0 Å². The van der Waals surface area contributed by atoms with Crippen molar-refractivity contribution in [2.75, 3.05) is 20.1 Å². The molecule has 2 aliphatic rings. The molecule has 2 aromatic carbocycles. The van der Waals surface area contributed by atoms with Gasteiger partial charge in [-0.1, -0.05) is 29.8 Å². The van der Waals surface area contributed by atoms with Crippen molar-refractivity contribution in [1.29, 1.82) is 0 Å². The van der Waals surface area contributed by atoms with Crippen molar-refractivity contribution in [2.24, 2.45) is 0 Å². The number of rotatable bonds is 0. The Bertz CT molecular complexity index is 762. The number of likely N-dealkylation sites (N-methyl/N-ethyl adjacent to an activating group) is 1. The van der Waals surface area contributed by atoms with Crippen LogP contribution in [0.25, 0.3) is 0 Å². The van der Waals surface area contributed by atoms with Crippen LogP contribution < -0.4 is 4.74 Å². The number of hydrogen-bond donors (Lipinski definition) is 0. The van der Waals surface area contributed by atoms with E-state index in [-0.39, 0.29) is 11.8 Å². The van der Waals surface area contributed by atoms with E-state index in [4.69, 9.17) is 20.5 Å². The maximum atomic E-state index is 7.75. The van der Waals surface area contributed by atoms with Crippen molar-refractivity contribution in [1.82, 2.24) is 4.90 Å². The first kappa shape index (κ1) is 9.43. The van der Waals surface area contributed by atoms with Gasteiger partial charge in [0.1, 0.15) is 11.5 Å². The summed E-state index contributed by atoms with van der Waals surface area (Å²) in [5.41, 5.74) is 2.06. The summed E-state index contributed by atoms with van der Waals surface area (Å²) in [6, 6.07) is 13.5. The topological polar surface area (TPSA) is 12.5 Å². The molecule has 2 aromatic rings. The van der Waals surface area contributed by atoms with Gasteiger partial charge in [-0.05, 0) is 36.8 Å². The second-order valence-electron chi connectivity index (χ2n) is 5.44. The van der Waals surface area contributed by atoms with E-state index in [9.17, 15) is 0 Å². The number of fused-ring (bicyclic) bond motifs is 5. The number of nitrogens with zero attached hydrogens (tertiary/aromatic N) is 1. The fourth-order valence-corrected chi connectivity index (χ4v) is 3.51. The Morgan fingerprint density at radius 3 is 2.70 bits per heavy atom. The monoisotopic (exact) mass is 289 g/mol. The Hall–Kier alpha value is -1.51. The van der Waals surface area contributed by atoms with Gasteiger partial charge in [0.2, 0.25) is 0 Å². The lowest BCUT2D eigenvalue weighted by atomic mass is 9.84. The molecule has 0 unspecified atom stereocenters. The summed E-state index contributed by atoms with van der Waals surface area (Å²) in [6.45, 7) is -1.11. The van der Waals surface area contributed by atoms with Gasteiger partial charge in [0.15, 0.2) is 0 Å². The molecule has 0 amide bonds. The molecule has 1 saturated heterocycles. The highest BCUT2D eigenvalue weighted by molar-refractivity contribution is 6.30. The molecule has 2 heterocycles. The van der Waals surface area contributed by atoms with E-state index >= 15 is 0 Å². The molecule has 0 saturated carbocycles. The molecule has 3 heteroatoms. The zero-order valence-corrected chi connectivity index (χ0v) is 11.6. The molecule has 102 valence electrons. The van der Waals surface area contributed by atoms with Gasteiger partial charge in [-0.2, -0.15) is 0 Å². The number of para-hydroxylation sites is 1. The molecule has 0 bridgehead atoms. The molecule has 4 rings (SSSR count). The van der Waals surface area contributed by atoms with Crippen LogP contribution in [0.5, 0.6) is 11.5 Å². The predicted molar refractivity (Wildman–Crippen MR) is 80.9 cm³/mol. The standard InChI is InChI=1S/C17H16ClNO/c1-19-9-14-12-4-2-3-5-16(12)20-17-7-6-11(18)8-13(17)15(14)10-19/h2-8,14-15H,9-10H2,1H3/t14-,15-/m0/s1/i1+1D3. The highest BCUT2D eigenvalue weighted by Crippen LogP contribution is 2.49. The van der Waals surface area contributed by atoms with Crippen LogP contribution in [0.4, 0.5) is 0 Å². The van der Waals surface area contributed by atoms with Gasteiger partial charge in [-0.3, -0.25) is 0 Å². The molecule has 0 spiro atoms. The molecule has 0 N–H and O–H groups in total. The van der Waals surface area contributed by atoms with Crippen molar-refractivity contribution < 1.29 is 8.85 Å². The average molecular weight is 290 g/mol. The van der Waals surface area contributed by atoms with Crippen LogP contribution in [0.15, 0.2) is 42.5 Å². The fourth-order valence-electron chi connectivity index (χ4n) is 3.33. The summed E-state index contributed by atoms with van der Waals surface area (Å²) in [5.74, 6) is 1.72. The van der Waals surface area contributed by atoms with Crippen LogP contribution >= 0.6 is 11.6 Å². The van der Waals surface area contributed by atoms with E-state index in [0.717, 1.165) is 22.6 Å². The van der Waals surface area contributed by atoms with Crippen molar-refractivity contribution in [3.05, 3.63) is 58.6 Å². The molecule has 1 fully saturated rings. The summed E-state index contributed by atoms with van der Waals surface area (Å²) < 4.78 is 29.3. The lowest BCUT2D eigenvalue weighted by molar-refractivity contribution is 0.401. The number of ether oxygens (including phenoxy) is 1. The maximum absolute atomic E-state index is 7.75. The van der Waals surface area contributed by atoms with E-state index in [0.29, 0.717) is 18.1 Å². The molecular weight excluding hydrogens is 271 g/mol. The Morgan fingerprint density at radius 2 is 1.85 bits per heavy atom. The van der Waals surface area contributed by atoms with Crippen molar-refractivity contribution >= 4 is 11.6 Å². The van der Waals surface area contributed by atoms with Crippen molar-refractivity contribution in [2.45, 2.75) is 11.8 Å². The van der Waals surface area contributed by atoms with Crippen molar-refractivity contribution in [3.63, 3.8) is 0 Å². The first-order valence-electron chi connectivity index (χ1n) is 8.25. The summed E-state index contributed by atoms with van der Waals surface area (Å²) in [7, 11) is 0. The van der Waals surface area contributed by atoms with Gasteiger partial charge in [-0.25, -0.2) is 0 Å². The van der Waals surface area contributed by atoms with Crippen LogP contribution in [0.3, 0.4) is 0 Å². The number of halogens is 1. The van der Waals surface area contributed by atoms with E-state index in [1.807, 2.05) is 36.4 Å². The molecule has 2 nitrogen and oxygen atoms in total. The smallest absolute Gasteiger partial charge is 0.131 e. The lowest BCUT2D eigenvalue weighted by Crippen LogP contribution is -2.14. The Morgan fingerprint density at radius 1 is 1.10 bits per heavy atom. The fraction of sp³-hybridized carbons (Fsp3) is 0.294. The maximum Gasteiger partial charge on any atom is 0.131 e. The molecule has 0 radical (unpaired) electrons. The Labute approximate surface area is 128 Å². The average Bonchev–Trinajstić information content (AvgIpc) is 2.90. The van der Waals surface area contributed by atoms with Gasteiger partial charge in [0.05, 0.1) is 0 Å². The third-order valence-electron chi connectivity index (χ3n) is 4.23. The first-order valence-corrected chi connectivity index (χ1v) is 7.12. The van der Waals surface area contributed by atoms with Crippen molar-refractivity contribution in [3.8, 4) is 11.5 Å². The molecule has 2 aliphatic heterocycles. The second kappa shape index (κ2) is 4.51. The SMILES string of the molecule is [2H][13C]([2H])([2H])N1C[C@H]2c3ccccc3Oc3ccc(Cl)cc3[C@@H]2C1. The first-order chi connectivity index (χ1) is 10.9. The summed E-state index contributed by atoms with van der Waals surface area (Å²) in [4.78, 5) is 1.58. The highest BCUT2D eigenvalue weighted by Gasteiger charge is 2.38. The van der Waals surface area contributed by atoms with Crippen LogP contribution in [0.1, 0.15) is 27.1 Å². The van der Waals surface area contributed by atoms with Crippen LogP contribution in [0.2, 0.25) is 5.02 Å². The van der Waals surface area contributed by atoms with Gasteiger partial charge < -0.3 is 9.64 Å². The van der Waals surface area contributed by atoms with E-state index < -0.39 is 6.98 Å². The predicted octanol–water partition coefficient (Wildman–Crippen LogP) is 4.26. The second-order valence-corrected chi connectivity index (χ2v) is 5.88. The van der Waals surface area contributed by atoms with E-state index in [1.54, 1.807) is 11.0 Å². The molecule has 0 aliphatic carbocycles. The molecule has 0 aromatic heterocycles. The van der Waals surface area contributed by atoms with Crippen LogP contribution in [0, 0.1) is 0 Å². The Balaban J connectivity index is 1.87. The molecule has 2 atom stereocenters. The summed E-state index contributed by atoms with van der Waals surface area (Å²) in [6.07, 6.45) is 0. The molecular formula is C17H16ClNO. The van der Waals surface area contributed by atoms with E-state index in [2.05, 4.69) is 0 Å². The third-order valence-corrected chi connectivity index (χ3v) is 4.46. The number of hydrogen-bond acceptors (Lipinski definition) is 2. The lowest BCUT2D eigenvalue weighted by Gasteiger charge is -2.17. The summed E-state index contributed by atoms with van der Waals surface area (Å²) in [5, 5.41) is 0.643. The quantitative estimate of drug-likeness (QED) is 0.672. The number of benzene rings is 2. The minimum Gasteiger partial charge on any atom is -0.457 e. The number of likely N-dealkylation sites (tertiary alicyclic amines) is 1.